The number of ether oxygens (including phenoxy) is 1. The standard InChI is InChI=1S/C16H21F3N2O2/c1-15(10-20)8-9-21(11-15)14(22)7-6-12-4-2-3-5-13(12)23-16(17,18)19/h2-5H,6-11,20H2,1H3. The Labute approximate surface area is 133 Å². The van der Waals surface area contributed by atoms with Crippen molar-refractivity contribution < 1.29 is 22.7 Å². The van der Waals surface area contributed by atoms with E-state index in [1.807, 2.05) is 6.92 Å². The molecule has 1 aromatic carbocycles. The molecule has 1 atom stereocenters. The minimum Gasteiger partial charge on any atom is -0.406 e. The molecule has 0 spiro atoms. The van der Waals surface area contributed by atoms with Gasteiger partial charge in [0.1, 0.15) is 5.75 Å². The molecule has 2 N–H and O–H groups in total. The van der Waals surface area contributed by atoms with E-state index >= 15 is 0 Å². The number of aryl methyl sites for hydroxylation is 1. The summed E-state index contributed by atoms with van der Waals surface area (Å²) in [4.78, 5) is 14.0. The van der Waals surface area contributed by atoms with Crippen LogP contribution in [0.5, 0.6) is 5.75 Å². The maximum Gasteiger partial charge on any atom is 0.573 e. The van der Waals surface area contributed by atoms with Gasteiger partial charge in [-0.1, -0.05) is 25.1 Å². The fourth-order valence-corrected chi connectivity index (χ4v) is 2.74. The van der Waals surface area contributed by atoms with Crippen LogP contribution >= 0.6 is 0 Å². The molecule has 1 aliphatic heterocycles. The highest BCUT2D eigenvalue weighted by molar-refractivity contribution is 5.77. The zero-order valence-corrected chi connectivity index (χ0v) is 13.0. The van der Waals surface area contributed by atoms with E-state index < -0.39 is 6.36 Å². The summed E-state index contributed by atoms with van der Waals surface area (Å²) in [6, 6.07) is 5.90. The van der Waals surface area contributed by atoms with Gasteiger partial charge < -0.3 is 15.4 Å². The lowest BCUT2D eigenvalue weighted by molar-refractivity contribution is -0.274. The summed E-state index contributed by atoms with van der Waals surface area (Å²) in [6.07, 6.45) is -3.53. The summed E-state index contributed by atoms with van der Waals surface area (Å²) < 4.78 is 41.1. The van der Waals surface area contributed by atoms with Crippen molar-refractivity contribution in [3.8, 4) is 5.75 Å². The number of nitrogens with zero attached hydrogens (tertiary/aromatic N) is 1. The second-order valence-electron chi connectivity index (χ2n) is 6.24. The molecule has 1 aliphatic rings. The monoisotopic (exact) mass is 330 g/mol. The van der Waals surface area contributed by atoms with Gasteiger partial charge in [-0.3, -0.25) is 4.79 Å². The van der Waals surface area contributed by atoms with Crippen LogP contribution in [0.3, 0.4) is 0 Å². The van der Waals surface area contributed by atoms with Crippen molar-refractivity contribution in [3.63, 3.8) is 0 Å². The number of nitrogens with two attached hydrogens (primary N) is 1. The number of likely N-dealkylation sites (tertiary alicyclic amines) is 1. The van der Waals surface area contributed by atoms with Gasteiger partial charge in [-0.05, 0) is 36.4 Å². The Morgan fingerprint density at radius 3 is 2.70 bits per heavy atom. The van der Waals surface area contributed by atoms with Crippen LogP contribution in [0.4, 0.5) is 13.2 Å². The van der Waals surface area contributed by atoms with E-state index in [4.69, 9.17) is 5.73 Å². The molecule has 0 radical (unpaired) electrons. The number of alkyl halides is 3. The molecule has 0 saturated carbocycles. The van der Waals surface area contributed by atoms with Gasteiger partial charge in [-0.2, -0.15) is 0 Å². The molecule has 0 bridgehead atoms. The van der Waals surface area contributed by atoms with Crippen molar-refractivity contribution in [3.05, 3.63) is 29.8 Å². The van der Waals surface area contributed by atoms with Crippen molar-refractivity contribution in [2.45, 2.75) is 32.5 Å². The third kappa shape index (κ3) is 4.86. The van der Waals surface area contributed by atoms with Gasteiger partial charge in [-0.25, -0.2) is 0 Å². The summed E-state index contributed by atoms with van der Waals surface area (Å²) in [7, 11) is 0. The topological polar surface area (TPSA) is 55.6 Å². The molecule has 1 fully saturated rings. The highest BCUT2D eigenvalue weighted by Gasteiger charge is 2.35. The van der Waals surface area contributed by atoms with E-state index in [9.17, 15) is 18.0 Å². The number of carbonyl (C=O) groups excluding carboxylic acids is 1. The molecule has 1 amide bonds. The molecule has 1 unspecified atom stereocenters. The number of rotatable bonds is 5. The average Bonchev–Trinajstić information content (AvgIpc) is 2.88. The Morgan fingerprint density at radius 2 is 2.09 bits per heavy atom. The SMILES string of the molecule is CC1(CN)CCN(C(=O)CCc2ccccc2OC(F)(F)F)C1. The van der Waals surface area contributed by atoms with Crippen LogP contribution in [0.1, 0.15) is 25.3 Å². The highest BCUT2D eigenvalue weighted by atomic mass is 19.4. The number of hydrogen-bond acceptors (Lipinski definition) is 3. The first-order valence-electron chi connectivity index (χ1n) is 7.54. The molecular weight excluding hydrogens is 309 g/mol. The molecule has 0 aromatic heterocycles. The number of benzene rings is 1. The Bertz CT molecular complexity index is 563. The second kappa shape index (κ2) is 6.78. The predicted molar refractivity (Wildman–Crippen MR) is 79.8 cm³/mol. The first-order chi connectivity index (χ1) is 10.7. The molecule has 7 heteroatoms. The number of halogens is 3. The van der Waals surface area contributed by atoms with Crippen LogP contribution in [0, 0.1) is 5.41 Å². The van der Waals surface area contributed by atoms with Crippen LogP contribution in [-0.2, 0) is 11.2 Å². The molecule has 23 heavy (non-hydrogen) atoms. The van der Waals surface area contributed by atoms with Gasteiger partial charge in [0.15, 0.2) is 0 Å². The predicted octanol–water partition coefficient (Wildman–Crippen LogP) is 2.72. The van der Waals surface area contributed by atoms with E-state index in [0.29, 0.717) is 25.2 Å². The van der Waals surface area contributed by atoms with Crippen LogP contribution < -0.4 is 10.5 Å². The normalized spacial score (nSPS) is 21.5. The third-order valence-corrected chi connectivity index (χ3v) is 4.21. The van der Waals surface area contributed by atoms with E-state index in [0.717, 1.165) is 6.42 Å². The maximum absolute atomic E-state index is 12.4. The largest absolute Gasteiger partial charge is 0.573 e. The fraction of sp³-hybridized carbons (Fsp3) is 0.562. The maximum atomic E-state index is 12.4. The van der Waals surface area contributed by atoms with Crippen LogP contribution in [-0.4, -0.2) is 36.8 Å². The van der Waals surface area contributed by atoms with Gasteiger partial charge in [0.2, 0.25) is 5.91 Å². The fourth-order valence-electron chi connectivity index (χ4n) is 2.74. The van der Waals surface area contributed by atoms with Crippen molar-refractivity contribution in [2.75, 3.05) is 19.6 Å². The molecule has 1 saturated heterocycles. The lowest BCUT2D eigenvalue weighted by Crippen LogP contribution is -2.34. The summed E-state index contributed by atoms with van der Waals surface area (Å²) in [5, 5.41) is 0. The molecule has 0 aliphatic carbocycles. The van der Waals surface area contributed by atoms with Gasteiger partial charge in [0.05, 0.1) is 0 Å². The van der Waals surface area contributed by atoms with Gasteiger partial charge >= 0.3 is 6.36 Å². The second-order valence-corrected chi connectivity index (χ2v) is 6.24. The number of para-hydroxylation sites is 1. The molecule has 2 rings (SSSR count). The molecular formula is C16H21F3N2O2. The van der Waals surface area contributed by atoms with Crippen LogP contribution in [0.25, 0.3) is 0 Å². The zero-order valence-electron chi connectivity index (χ0n) is 13.0. The zero-order chi connectivity index (χ0) is 17.1. The van der Waals surface area contributed by atoms with Crippen molar-refractivity contribution >= 4 is 5.91 Å². The average molecular weight is 330 g/mol. The molecule has 128 valence electrons. The minimum atomic E-state index is -4.74. The van der Waals surface area contributed by atoms with Gasteiger partial charge in [0.25, 0.3) is 0 Å². The van der Waals surface area contributed by atoms with Crippen molar-refractivity contribution in [1.82, 2.24) is 4.90 Å². The van der Waals surface area contributed by atoms with E-state index in [1.54, 1.807) is 17.0 Å². The quantitative estimate of drug-likeness (QED) is 0.903. The lowest BCUT2D eigenvalue weighted by Gasteiger charge is -2.22. The minimum absolute atomic E-state index is 0.0625. The third-order valence-electron chi connectivity index (χ3n) is 4.21. The highest BCUT2D eigenvalue weighted by Crippen LogP contribution is 2.30. The summed E-state index contributed by atoms with van der Waals surface area (Å²) >= 11 is 0. The smallest absolute Gasteiger partial charge is 0.406 e. The first kappa shape index (κ1) is 17.6. The first-order valence-corrected chi connectivity index (χ1v) is 7.54. The summed E-state index contributed by atoms with van der Waals surface area (Å²) in [5.74, 6) is -0.315. The van der Waals surface area contributed by atoms with Crippen LogP contribution in [0.2, 0.25) is 0 Å². The van der Waals surface area contributed by atoms with E-state index in [1.165, 1.54) is 12.1 Å². The Hall–Kier alpha value is -1.76. The Morgan fingerprint density at radius 1 is 1.39 bits per heavy atom. The number of amides is 1. The van der Waals surface area contributed by atoms with E-state index in [-0.39, 0.29) is 29.9 Å². The van der Waals surface area contributed by atoms with Gasteiger partial charge in [0, 0.05) is 19.5 Å². The van der Waals surface area contributed by atoms with Crippen molar-refractivity contribution in [2.24, 2.45) is 11.1 Å². The van der Waals surface area contributed by atoms with E-state index in [2.05, 4.69) is 4.74 Å². The Balaban J connectivity index is 1.95. The molecule has 1 heterocycles. The molecule has 4 nitrogen and oxygen atoms in total. The van der Waals surface area contributed by atoms with Crippen LogP contribution in [0.15, 0.2) is 24.3 Å². The van der Waals surface area contributed by atoms with Crippen molar-refractivity contribution in [1.29, 1.82) is 0 Å². The van der Waals surface area contributed by atoms with Gasteiger partial charge in [-0.15, -0.1) is 13.2 Å². The number of carbonyl (C=O) groups is 1. The lowest BCUT2D eigenvalue weighted by atomic mass is 9.90. The molecule has 1 aromatic rings. The summed E-state index contributed by atoms with van der Waals surface area (Å²) in [6.45, 7) is 3.79. The summed E-state index contributed by atoms with van der Waals surface area (Å²) in [5.41, 5.74) is 6.02. The number of hydrogen-bond donors (Lipinski definition) is 1. The Kier molecular flexibility index (Phi) is 5.19.